The van der Waals surface area contributed by atoms with Gasteiger partial charge in [-0.1, -0.05) is 0 Å². The Balaban J connectivity index is 2.52. The Morgan fingerprint density at radius 2 is 2.27 bits per heavy atom. The van der Waals surface area contributed by atoms with Crippen molar-refractivity contribution in [3.63, 3.8) is 0 Å². The molecule has 1 heterocycles. The third-order valence-electron chi connectivity index (χ3n) is 1.87. The van der Waals surface area contributed by atoms with Crippen molar-refractivity contribution >= 4 is 5.78 Å². The normalized spacial score (nSPS) is 16.6. The summed E-state index contributed by atoms with van der Waals surface area (Å²) in [6.45, 7) is 1.77. The molecule has 58 valence electrons. The molecule has 0 aliphatic heterocycles. The smallest absolute Gasteiger partial charge is 0.200 e. The Morgan fingerprint density at radius 3 is 3.00 bits per heavy atom. The van der Waals surface area contributed by atoms with Crippen LogP contribution in [0.5, 0.6) is 0 Å². The number of hydrogen-bond donors (Lipinski definition) is 0. The molecule has 2 rings (SSSR count). The summed E-state index contributed by atoms with van der Waals surface area (Å²) < 4.78 is 5.16. The molecule has 11 heavy (non-hydrogen) atoms. The van der Waals surface area contributed by atoms with Gasteiger partial charge in [-0.15, -0.1) is 0 Å². The molecule has 0 atom stereocenters. The van der Waals surface area contributed by atoms with Gasteiger partial charge < -0.3 is 4.42 Å². The second-order valence-corrected chi connectivity index (χ2v) is 2.79. The predicted octanol–water partition coefficient (Wildman–Crippen LogP) is 1.50. The maximum atomic E-state index is 11.2. The van der Waals surface area contributed by atoms with Crippen LogP contribution in [0.1, 0.15) is 35.0 Å². The van der Waals surface area contributed by atoms with Gasteiger partial charge in [0.25, 0.3) is 0 Å². The number of carbonyl (C=O) groups is 1. The Bertz CT molecular complexity index is 301. The molecule has 3 nitrogen and oxygen atoms in total. The van der Waals surface area contributed by atoms with E-state index in [2.05, 4.69) is 4.98 Å². The number of carbonyl (C=O) groups excluding carboxylic acids is 1. The lowest BCUT2D eigenvalue weighted by molar-refractivity contribution is 0.0942. The molecule has 0 radical (unpaired) electrons. The highest BCUT2D eigenvalue weighted by atomic mass is 16.4. The van der Waals surface area contributed by atoms with E-state index in [4.69, 9.17) is 4.42 Å². The fraction of sp³-hybridized carbons (Fsp3) is 0.500. The van der Waals surface area contributed by atoms with Crippen LogP contribution in [0.15, 0.2) is 4.42 Å². The Kier molecular flexibility index (Phi) is 1.31. The van der Waals surface area contributed by atoms with E-state index in [0.29, 0.717) is 18.1 Å². The fourth-order valence-corrected chi connectivity index (χ4v) is 1.39. The molecule has 1 aliphatic carbocycles. The van der Waals surface area contributed by atoms with Crippen molar-refractivity contribution in [1.82, 2.24) is 4.98 Å². The molecular weight excluding hydrogens is 142 g/mol. The van der Waals surface area contributed by atoms with Gasteiger partial charge in [-0.3, -0.25) is 4.79 Å². The molecule has 1 aromatic heterocycles. The van der Waals surface area contributed by atoms with E-state index >= 15 is 0 Å². The molecule has 0 fully saturated rings. The molecule has 0 saturated carbocycles. The molecule has 0 spiro atoms. The first-order valence-corrected chi connectivity index (χ1v) is 3.77. The highest BCUT2D eigenvalue weighted by Crippen LogP contribution is 2.20. The van der Waals surface area contributed by atoms with Gasteiger partial charge in [0.1, 0.15) is 0 Å². The van der Waals surface area contributed by atoms with Gasteiger partial charge in [-0.25, -0.2) is 4.98 Å². The van der Waals surface area contributed by atoms with Crippen molar-refractivity contribution in [2.75, 3.05) is 0 Å². The molecule has 0 saturated heterocycles. The number of rotatable bonds is 0. The molecule has 0 bridgehead atoms. The van der Waals surface area contributed by atoms with Crippen LogP contribution in [-0.4, -0.2) is 10.8 Å². The minimum absolute atomic E-state index is 0.104. The zero-order valence-electron chi connectivity index (χ0n) is 6.39. The van der Waals surface area contributed by atoms with E-state index in [0.717, 1.165) is 18.5 Å². The standard InChI is InChI=1S/C8H9NO2/c1-5-9-6-3-2-4-7(10)8(6)11-5/h2-4H2,1H3. The van der Waals surface area contributed by atoms with Crippen LogP contribution in [0.3, 0.4) is 0 Å². The van der Waals surface area contributed by atoms with Crippen molar-refractivity contribution in [1.29, 1.82) is 0 Å². The number of nitrogens with zero attached hydrogens (tertiary/aromatic N) is 1. The summed E-state index contributed by atoms with van der Waals surface area (Å²) in [5.74, 6) is 1.20. The average molecular weight is 151 g/mol. The van der Waals surface area contributed by atoms with Gasteiger partial charge in [0.15, 0.2) is 17.4 Å². The average Bonchev–Trinajstić information content (AvgIpc) is 2.31. The summed E-state index contributed by atoms with van der Waals surface area (Å²) in [6, 6.07) is 0. The molecule has 0 N–H and O–H groups in total. The largest absolute Gasteiger partial charge is 0.438 e. The minimum atomic E-state index is 0.104. The lowest BCUT2D eigenvalue weighted by atomic mass is 10.0. The van der Waals surface area contributed by atoms with E-state index in [9.17, 15) is 4.79 Å². The van der Waals surface area contributed by atoms with E-state index < -0.39 is 0 Å². The lowest BCUT2D eigenvalue weighted by Crippen LogP contribution is -2.08. The third-order valence-corrected chi connectivity index (χ3v) is 1.87. The highest BCUT2D eigenvalue weighted by Gasteiger charge is 2.22. The van der Waals surface area contributed by atoms with Gasteiger partial charge in [0, 0.05) is 13.3 Å². The topological polar surface area (TPSA) is 43.1 Å². The van der Waals surface area contributed by atoms with E-state index in [1.165, 1.54) is 0 Å². The van der Waals surface area contributed by atoms with E-state index in [1.807, 2.05) is 0 Å². The number of Topliss-reactive ketones (excluding diaryl/α,β-unsaturated/α-hetero) is 1. The number of aryl methyl sites for hydroxylation is 2. The van der Waals surface area contributed by atoms with Crippen molar-refractivity contribution in [3.8, 4) is 0 Å². The monoisotopic (exact) mass is 151 g/mol. The summed E-state index contributed by atoms with van der Waals surface area (Å²) in [6.07, 6.45) is 2.41. The minimum Gasteiger partial charge on any atom is -0.438 e. The van der Waals surface area contributed by atoms with Crippen LogP contribution in [0.25, 0.3) is 0 Å². The van der Waals surface area contributed by atoms with Crippen LogP contribution < -0.4 is 0 Å². The van der Waals surface area contributed by atoms with Crippen molar-refractivity contribution in [2.24, 2.45) is 0 Å². The zero-order chi connectivity index (χ0) is 7.84. The Hall–Kier alpha value is -1.12. The van der Waals surface area contributed by atoms with Gasteiger partial charge in [0.05, 0.1) is 5.69 Å². The number of fused-ring (bicyclic) bond motifs is 1. The van der Waals surface area contributed by atoms with Crippen molar-refractivity contribution < 1.29 is 9.21 Å². The molecule has 3 heteroatoms. The maximum Gasteiger partial charge on any atom is 0.200 e. The molecule has 0 unspecified atom stereocenters. The number of ketones is 1. The second kappa shape index (κ2) is 2.19. The molecule has 0 amide bonds. The van der Waals surface area contributed by atoms with Crippen molar-refractivity contribution in [2.45, 2.75) is 26.2 Å². The van der Waals surface area contributed by atoms with Crippen LogP contribution in [-0.2, 0) is 6.42 Å². The Morgan fingerprint density at radius 1 is 1.45 bits per heavy atom. The summed E-state index contributed by atoms with van der Waals surface area (Å²) in [4.78, 5) is 15.3. The van der Waals surface area contributed by atoms with E-state index in [1.54, 1.807) is 6.92 Å². The first-order chi connectivity index (χ1) is 5.27. The van der Waals surface area contributed by atoms with Crippen LogP contribution in [0.2, 0.25) is 0 Å². The molecule has 0 aromatic carbocycles. The lowest BCUT2D eigenvalue weighted by Gasteiger charge is -2.04. The fourth-order valence-electron chi connectivity index (χ4n) is 1.39. The second-order valence-electron chi connectivity index (χ2n) is 2.79. The number of aromatic nitrogens is 1. The number of hydrogen-bond acceptors (Lipinski definition) is 3. The predicted molar refractivity (Wildman–Crippen MR) is 38.5 cm³/mol. The van der Waals surface area contributed by atoms with Crippen molar-refractivity contribution in [3.05, 3.63) is 17.3 Å². The summed E-state index contributed by atoms with van der Waals surface area (Å²) in [5.41, 5.74) is 0.846. The third kappa shape index (κ3) is 0.964. The summed E-state index contributed by atoms with van der Waals surface area (Å²) in [5, 5.41) is 0. The van der Waals surface area contributed by atoms with Gasteiger partial charge in [0.2, 0.25) is 0 Å². The number of oxazole rings is 1. The maximum absolute atomic E-state index is 11.2. The first-order valence-electron chi connectivity index (χ1n) is 3.77. The van der Waals surface area contributed by atoms with Gasteiger partial charge >= 0.3 is 0 Å². The first kappa shape index (κ1) is 6.58. The highest BCUT2D eigenvalue weighted by molar-refractivity contribution is 5.95. The molecular formula is C8H9NO2. The summed E-state index contributed by atoms with van der Waals surface area (Å²) >= 11 is 0. The van der Waals surface area contributed by atoms with Crippen LogP contribution in [0, 0.1) is 6.92 Å². The molecule has 1 aromatic rings. The quantitative estimate of drug-likeness (QED) is 0.564. The zero-order valence-corrected chi connectivity index (χ0v) is 6.39. The van der Waals surface area contributed by atoms with Gasteiger partial charge in [-0.2, -0.15) is 0 Å². The van der Waals surface area contributed by atoms with Crippen LogP contribution in [0.4, 0.5) is 0 Å². The van der Waals surface area contributed by atoms with E-state index in [-0.39, 0.29) is 5.78 Å². The molecule has 1 aliphatic rings. The van der Waals surface area contributed by atoms with Crippen LogP contribution >= 0.6 is 0 Å². The van der Waals surface area contributed by atoms with Gasteiger partial charge in [-0.05, 0) is 12.8 Å². The SMILES string of the molecule is Cc1nc2c(o1)C(=O)CCC2. The summed E-state index contributed by atoms with van der Waals surface area (Å²) in [7, 11) is 0. The Labute approximate surface area is 64.4 Å².